The van der Waals surface area contributed by atoms with Crippen LogP contribution in [0.1, 0.15) is 48.6 Å². The maximum absolute atomic E-state index is 13.3. The molecule has 0 fully saturated rings. The molecule has 0 saturated carbocycles. The van der Waals surface area contributed by atoms with Crippen molar-refractivity contribution in [3.8, 4) is 10.4 Å². The molecule has 2 atom stereocenters. The Hall–Kier alpha value is -3.36. The molecule has 6 nitrogen and oxygen atoms in total. The van der Waals surface area contributed by atoms with Crippen molar-refractivity contribution >= 4 is 34.6 Å². The van der Waals surface area contributed by atoms with Crippen molar-refractivity contribution in [1.29, 1.82) is 0 Å². The van der Waals surface area contributed by atoms with E-state index in [0.717, 1.165) is 32.3 Å². The fraction of sp³-hybridized carbons (Fsp3) is 0.167. The van der Waals surface area contributed by atoms with Gasteiger partial charge in [-0.3, -0.25) is 4.79 Å². The molecule has 2 aromatic carbocycles. The number of aromatic nitrogens is 2. The Labute approximate surface area is 193 Å². The molecule has 2 aromatic heterocycles. The summed E-state index contributed by atoms with van der Waals surface area (Å²) < 4.78 is 0. The Morgan fingerprint density at radius 3 is 2.28 bits per heavy atom. The van der Waals surface area contributed by atoms with Crippen molar-refractivity contribution in [2.45, 2.75) is 25.8 Å². The van der Waals surface area contributed by atoms with E-state index in [1.807, 2.05) is 74.5 Å². The third-order valence-electron chi connectivity index (χ3n) is 5.00. The first-order chi connectivity index (χ1) is 15.4. The molecule has 32 heavy (non-hydrogen) atoms. The van der Waals surface area contributed by atoms with E-state index in [-0.39, 0.29) is 22.7 Å². The van der Waals surface area contributed by atoms with Crippen LogP contribution in [0, 0.1) is 6.92 Å². The predicted molar refractivity (Wildman–Crippen MR) is 127 cm³/mol. The Morgan fingerprint density at radius 2 is 1.66 bits per heavy atom. The molecular formula is C24H21N3O3S2. The fourth-order valence-electron chi connectivity index (χ4n) is 3.56. The zero-order valence-corrected chi connectivity index (χ0v) is 19.1. The number of carboxylic acids is 1. The van der Waals surface area contributed by atoms with Gasteiger partial charge in [0.25, 0.3) is 5.91 Å². The van der Waals surface area contributed by atoms with Crippen molar-refractivity contribution in [2.75, 3.05) is 0 Å². The molecular weight excluding hydrogens is 442 g/mol. The standard InChI is InChI=1S/C24H21N3O3S2/c1-14(19(16-9-5-3-6-10-16)23-25-13-18(32-23)24(29)30)26-22(28)20-21(31-15(2)27-20)17-11-7-4-8-12-17/h3-14,19H,1-2H3,(H,26,28)(H,29,30). The Morgan fingerprint density at radius 1 is 1.00 bits per heavy atom. The molecule has 0 aliphatic carbocycles. The number of rotatable bonds is 7. The quantitative estimate of drug-likeness (QED) is 0.392. The molecule has 0 bridgehead atoms. The van der Waals surface area contributed by atoms with Gasteiger partial charge in [-0.15, -0.1) is 22.7 Å². The molecule has 2 heterocycles. The summed E-state index contributed by atoms with van der Waals surface area (Å²) in [6.45, 7) is 3.78. The zero-order valence-electron chi connectivity index (χ0n) is 17.5. The summed E-state index contributed by atoms with van der Waals surface area (Å²) in [4.78, 5) is 34.5. The van der Waals surface area contributed by atoms with Crippen molar-refractivity contribution in [3.63, 3.8) is 0 Å². The minimum Gasteiger partial charge on any atom is -0.477 e. The Bertz CT molecular complexity index is 1240. The average molecular weight is 464 g/mol. The second kappa shape index (κ2) is 9.42. The number of nitrogens with zero attached hydrogens (tertiary/aromatic N) is 2. The van der Waals surface area contributed by atoms with Crippen molar-refractivity contribution in [2.24, 2.45) is 0 Å². The van der Waals surface area contributed by atoms with Crippen LogP contribution in [0.2, 0.25) is 0 Å². The van der Waals surface area contributed by atoms with E-state index in [9.17, 15) is 14.7 Å². The van der Waals surface area contributed by atoms with Crippen molar-refractivity contribution < 1.29 is 14.7 Å². The molecule has 0 radical (unpaired) electrons. The molecule has 8 heteroatoms. The van der Waals surface area contributed by atoms with Crippen LogP contribution < -0.4 is 5.32 Å². The number of carboxylic acid groups (broad SMARTS) is 1. The second-order valence-corrected chi connectivity index (χ2v) is 9.56. The maximum atomic E-state index is 13.3. The van der Waals surface area contributed by atoms with Gasteiger partial charge in [0.05, 0.1) is 22.0 Å². The smallest absolute Gasteiger partial charge is 0.347 e. The molecule has 0 saturated heterocycles. The third-order valence-corrected chi connectivity index (χ3v) is 7.09. The zero-order chi connectivity index (χ0) is 22.7. The molecule has 2 unspecified atom stereocenters. The van der Waals surface area contributed by atoms with E-state index in [0.29, 0.717) is 10.7 Å². The highest BCUT2D eigenvalue weighted by Gasteiger charge is 2.28. The first-order valence-corrected chi connectivity index (χ1v) is 11.6. The molecule has 4 aromatic rings. The van der Waals surface area contributed by atoms with Gasteiger partial charge in [0.1, 0.15) is 15.6 Å². The summed E-state index contributed by atoms with van der Waals surface area (Å²) in [7, 11) is 0. The van der Waals surface area contributed by atoms with Gasteiger partial charge in [-0.25, -0.2) is 14.8 Å². The van der Waals surface area contributed by atoms with Gasteiger partial charge >= 0.3 is 5.97 Å². The topological polar surface area (TPSA) is 92.2 Å². The number of carbonyl (C=O) groups excluding carboxylic acids is 1. The molecule has 4 rings (SSSR count). The maximum Gasteiger partial charge on any atom is 0.347 e. The van der Waals surface area contributed by atoms with Gasteiger partial charge in [0, 0.05) is 6.04 Å². The molecule has 162 valence electrons. The number of hydrogen-bond acceptors (Lipinski definition) is 6. The first-order valence-electron chi connectivity index (χ1n) is 10.0. The number of amides is 1. The molecule has 1 amide bonds. The van der Waals surface area contributed by atoms with Crippen molar-refractivity contribution in [1.82, 2.24) is 15.3 Å². The van der Waals surface area contributed by atoms with Crippen LogP contribution in [0.4, 0.5) is 0 Å². The van der Waals surface area contributed by atoms with Crippen LogP contribution in [0.15, 0.2) is 66.9 Å². The van der Waals surface area contributed by atoms with Crippen LogP contribution in [0.25, 0.3) is 10.4 Å². The minimum absolute atomic E-state index is 0.168. The van der Waals surface area contributed by atoms with Crippen LogP contribution in [0.5, 0.6) is 0 Å². The highest BCUT2D eigenvalue weighted by atomic mass is 32.1. The molecule has 0 spiro atoms. The van der Waals surface area contributed by atoms with E-state index in [4.69, 9.17) is 0 Å². The van der Waals surface area contributed by atoms with E-state index in [1.54, 1.807) is 0 Å². The molecule has 0 aliphatic rings. The summed E-state index contributed by atoms with van der Waals surface area (Å²) >= 11 is 2.61. The van der Waals surface area contributed by atoms with Crippen LogP contribution in [-0.4, -0.2) is 33.0 Å². The number of thiazole rings is 2. The van der Waals surface area contributed by atoms with E-state index >= 15 is 0 Å². The van der Waals surface area contributed by atoms with Gasteiger partial charge < -0.3 is 10.4 Å². The normalized spacial score (nSPS) is 12.8. The van der Waals surface area contributed by atoms with E-state index in [1.165, 1.54) is 17.5 Å². The second-order valence-electron chi connectivity index (χ2n) is 7.30. The highest BCUT2D eigenvalue weighted by Crippen LogP contribution is 2.33. The largest absolute Gasteiger partial charge is 0.477 e. The fourth-order valence-corrected chi connectivity index (χ4v) is 5.47. The van der Waals surface area contributed by atoms with Crippen LogP contribution >= 0.6 is 22.7 Å². The number of nitrogens with one attached hydrogen (secondary N) is 1. The van der Waals surface area contributed by atoms with Crippen LogP contribution in [-0.2, 0) is 0 Å². The number of carbonyl (C=O) groups is 2. The minimum atomic E-state index is -1.01. The van der Waals surface area contributed by atoms with Gasteiger partial charge in [-0.1, -0.05) is 60.7 Å². The lowest BCUT2D eigenvalue weighted by atomic mass is 9.93. The lowest BCUT2D eigenvalue weighted by Crippen LogP contribution is -2.38. The first kappa shape index (κ1) is 21.9. The highest BCUT2D eigenvalue weighted by molar-refractivity contribution is 7.15. The van der Waals surface area contributed by atoms with Gasteiger partial charge in [-0.2, -0.15) is 0 Å². The summed E-state index contributed by atoms with van der Waals surface area (Å²) in [5.74, 6) is -1.57. The number of hydrogen-bond donors (Lipinski definition) is 2. The van der Waals surface area contributed by atoms with Crippen molar-refractivity contribution in [3.05, 3.63) is 93.0 Å². The lowest BCUT2D eigenvalue weighted by molar-refractivity contribution is 0.0701. The third kappa shape index (κ3) is 4.61. The summed E-state index contributed by atoms with van der Waals surface area (Å²) in [6.07, 6.45) is 1.37. The van der Waals surface area contributed by atoms with Gasteiger partial charge in [-0.05, 0) is 25.0 Å². The summed E-state index contributed by atoms with van der Waals surface area (Å²) in [5, 5.41) is 13.8. The van der Waals surface area contributed by atoms with Crippen LogP contribution in [0.3, 0.4) is 0 Å². The van der Waals surface area contributed by atoms with Gasteiger partial charge in [0.2, 0.25) is 0 Å². The van der Waals surface area contributed by atoms with Gasteiger partial charge in [0.15, 0.2) is 0 Å². The molecule has 2 N–H and O–H groups in total. The average Bonchev–Trinajstić information content (AvgIpc) is 3.43. The lowest BCUT2D eigenvalue weighted by Gasteiger charge is -2.23. The summed E-state index contributed by atoms with van der Waals surface area (Å²) in [6, 6.07) is 19.0. The number of aromatic carboxylic acids is 1. The number of benzene rings is 2. The SMILES string of the molecule is Cc1nc(C(=O)NC(C)C(c2ccccc2)c2ncc(C(=O)O)s2)c(-c2ccccc2)s1. The molecule has 0 aliphatic heterocycles. The monoisotopic (exact) mass is 463 g/mol. The summed E-state index contributed by atoms with van der Waals surface area (Å²) in [5.41, 5.74) is 2.29. The van der Waals surface area contributed by atoms with E-state index in [2.05, 4.69) is 15.3 Å². The van der Waals surface area contributed by atoms with E-state index < -0.39 is 5.97 Å². The predicted octanol–water partition coefficient (Wildman–Crippen LogP) is 5.22. The number of aryl methyl sites for hydroxylation is 1. The Balaban J connectivity index is 1.65. The Kier molecular flexibility index (Phi) is 6.43.